The van der Waals surface area contributed by atoms with Crippen molar-refractivity contribution in [2.45, 2.75) is 38.3 Å². The highest BCUT2D eigenvalue weighted by Gasteiger charge is 2.36. The Hall–Kier alpha value is -3.49. The number of primary amides is 1. The van der Waals surface area contributed by atoms with E-state index in [0.717, 1.165) is 30.6 Å². The molecule has 0 unspecified atom stereocenters. The van der Waals surface area contributed by atoms with Gasteiger partial charge in [0, 0.05) is 25.5 Å². The number of hydrogen-bond acceptors (Lipinski definition) is 6. The number of carbonyl (C=O) groups excluding carboxylic acids is 3. The Labute approximate surface area is 168 Å². The highest BCUT2D eigenvalue weighted by atomic mass is 16.2. The lowest BCUT2D eigenvalue weighted by molar-refractivity contribution is -0.148. The van der Waals surface area contributed by atoms with Crippen LogP contribution in [-0.4, -0.2) is 45.7 Å². The molecule has 3 rings (SSSR count). The first-order valence-electron chi connectivity index (χ1n) is 9.43. The molecular weight excluding hydrogens is 372 g/mol. The third-order valence-corrected chi connectivity index (χ3v) is 5.05. The van der Waals surface area contributed by atoms with Crippen LogP contribution >= 0.6 is 0 Å². The van der Waals surface area contributed by atoms with Gasteiger partial charge in [-0.3, -0.25) is 19.4 Å². The average molecular weight is 396 g/mol. The molecule has 0 saturated carbocycles. The van der Waals surface area contributed by atoms with E-state index in [1.807, 2.05) is 19.1 Å². The number of carbonyl (C=O) groups is 3. The Morgan fingerprint density at radius 2 is 1.97 bits per heavy atom. The molecule has 1 aliphatic heterocycles. The zero-order valence-electron chi connectivity index (χ0n) is 16.4. The third-order valence-electron chi connectivity index (χ3n) is 5.05. The van der Waals surface area contributed by atoms with Crippen LogP contribution in [0.25, 0.3) is 0 Å². The molecule has 29 heavy (non-hydrogen) atoms. The normalized spacial score (nSPS) is 18.8. The van der Waals surface area contributed by atoms with E-state index < -0.39 is 17.7 Å². The standard InChI is InChI=1S/C20H24N6O3/c1-12-4-3-5-16(13-6-7-17(22-2)24-10-13)26(12)20(29)19(28)25-15-8-14(18(21)27)9-23-11-15/h6-12,16H,3-5H2,1-2H3,(H2,21,27)(H,22,24)(H,25,28)/t12-,16-/m0/s1. The maximum atomic E-state index is 13.0. The van der Waals surface area contributed by atoms with Crippen molar-refractivity contribution in [3.8, 4) is 0 Å². The average Bonchev–Trinajstić information content (AvgIpc) is 2.73. The first kappa shape index (κ1) is 20.2. The predicted octanol–water partition coefficient (Wildman–Crippen LogP) is 1.70. The van der Waals surface area contributed by atoms with Crippen molar-refractivity contribution in [2.24, 2.45) is 5.73 Å². The molecule has 0 aliphatic carbocycles. The molecule has 1 saturated heterocycles. The summed E-state index contributed by atoms with van der Waals surface area (Å²) in [5, 5.41) is 5.48. The minimum absolute atomic E-state index is 0.0916. The lowest BCUT2D eigenvalue weighted by Crippen LogP contribution is -2.48. The van der Waals surface area contributed by atoms with Crippen molar-refractivity contribution < 1.29 is 14.4 Å². The highest BCUT2D eigenvalue weighted by molar-refractivity contribution is 6.39. The molecule has 0 radical (unpaired) electrons. The number of nitrogens with two attached hydrogens (primary N) is 1. The number of nitrogens with one attached hydrogen (secondary N) is 2. The van der Waals surface area contributed by atoms with Crippen LogP contribution in [0.2, 0.25) is 0 Å². The summed E-state index contributed by atoms with van der Waals surface area (Å²) in [6, 6.07) is 4.83. The molecule has 3 heterocycles. The fraction of sp³-hybridized carbons (Fsp3) is 0.350. The molecule has 2 aromatic heterocycles. The molecule has 152 valence electrons. The number of anilines is 2. The van der Waals surface area contributed by atoms with Gasteiger partial charge in [-0.25, -0.2) is 4.98 Å². The van der Waals surface area contributed by atoms with Crippen molar-refractivity contribution in [3.63, 3.8) is 0 Å². The Bertz CT molecular complexity index is 915. The lowest BCUT2D eigenvalue weighted by atomic mass is 9.92. The molecule has 2 atom stereocenters. The van der Waals surface area contributed by atoms with Crippen LogP contribution in [0.3, 0.4) is 0 Å². The summed E-state index contributed by atoms with van der Waals surface area (Å²) in [7, 11) is 1.78. The van der Waals surface area contributed by atoms with E-state index in [1.54, 1.807) is 18.1 Å². The van der Waals surface area contributed by atoms with Gasteiger partial charge in [-0.15, -0.1) is 0 Å². The fourth-order valence-corrected chi connectivity index (χ4v) is 3.56. The van der Waals surface area contributed by atoms with Gasteiger partial charge in [0.1, 0.15) is 5.82 Å². The second kappa shape index (κ2) is 8.68. The maximum absolute atomic E-state index is 13.0. The molecule has 0 bridgehead atoms. The van der Waals surface area contributed by atoms with Gasteiger partial charge in [0.05, 0.1) is 23.5 Å². The Morgan fingerprint density at radius 3 is 2.62 bits per heavy atom. The van der Waals surface area contributed by atoms with Crippen molar-refractivity contribution >= 4 is 29.2 Å². The summed E-state index contributed by atoms with van der Waals surface area (Å²) in [5.41, 5.74) is 6.50. The van der Waals surface area contributed by atoms with E-state index >= 15 is 0 Å². The number of aromatic nitrogens is 2. The number of amides is 3. The number of pyridine rings is 2. The van der Waals surface area contributed by atoms with Crippen LogP contribution in [0.4, 0.5) is 11.5 Å². The quantitative estimate of drug-likeness (QED) is 0.674. The zero-order valence-corrected chi connectivity index (χ0v) is 16.4. The number of likely N-dealkylation sites (tertiary alicyclic amines) is 1. The van der Waals surface area contributed by atoms with Gasteiger partial charge in [0.15, 0.2) is 0 Å². The summed E-state index contributed by atoms with van der Waals surface area (Å²) >= 11 is 0. The summed E-state index contributed by atoms with van der Waals surface area (Å²) in [4.78, 5) is 46.8. The van der Waals surface area contributed by atoms with Gasteiger partial charge in [-0.2, -0.15) is 0 Å². The number of piperidine rings is 1. The monoisotopic (exact) mass is 396 g/mol. The van der Waals surface area contributed by atoms with Gasteiger partial charge in [-0.05, 0) is 43.9 Å². The van der Waals surface area contributed by atoms with Gasteiger partial charge >= 0.3 is 11.8 Å². The Balaban J connectivity index is 1.80. The largest absolute Gasteiger partial charge is 0.373 e. The van der Waals surface area contributed by atoms with Crippen LogP contribution in [0.5, 0.6) is 0 Å². The molecule has 1 aliphatic rings. The summed E-state index contributed by atoms with van der Waals surface area (Å²) < 4.78 is 0. The van der Waals surface area contributed by atoms with Crippen LogP contribution < -0.4 is 16.4 Å². The van der Waals surface area contributed by atoms with Crippen LogP contribution in [-0.2, 0) is 9.59 Å². The third kappa shape index (κ3) is 4.50. The first-order valence-corrected chi connectivity index (χ1v) is 9.43. The van der Waals surface area contributed by atoms with Crippen molar-refractivity contribution in [2.75, 3.05) is 17.7 Å². The molecule has 4 N–H and O–H groups in total. The van der Waals surface area contributed by atoms with Gasteiger partial charge in [0.25, 0.3) is 0 Å². The van der Waals surface area contributed by atoms with Crippen molar-refractivity contribution in [1.82, 2.24) is 14.9 Å². The fourth-order valence-electron chi connectivity index (χ4n) is 3.56. The molecule has 3 amide bonds. The van der Waals surface area contributed by atoms with Crippen LogP contribution in [0, 0.1) is 0 Å². The van der Waals surface area contributed by atoms with E-state index in [4.69, 9.17) is 5.73 Å². The zero-order chi connectivity index (χ0) is 21.0. The number of nitrogens with zero attached hydrogens (tertiary/aromatic N) is 3. The Kier molecular flexibility index (Phi) is 6.06. The predicted molar refractivity (Wildman–Crippen MR) is 108 cm³/mol. The van der Waals surface area contributed by atoms with Crippen molar-refractivity contribution in [1.29, 1.82) is 0 Å². The van der Waals surface area contributed by atoms with Gasteiger partial charge in [0.2, 0.25) is 5.91 Å². The SMILES string of the molecule is CNc1ccc([C@@H]2CCC[C@H](C)N2C(=O)C(=O)Nc2cncc(C(N)=O)c2)cn1. The summed E-state index contributed by atoms with van der Waals surface area (Å²) in [5.74, 6) is -1.35. The molecule has 0 aromatic carbocycles. The van der Waals surface area contributed by atoms with E-state index in [0.29, 0.717) is 0 Å². The number of rotatable bonds is 4. The molecule has 2 aromatic rings. The maximum Gasteiger partial charge on any atom is 0.313 e. The smallest absolute Gasteiger partial charge is 0.313 e. The minimum Gasteiger partial charge on any atom is -0.373 e. The number of hydrogen-bond donors (Lipinski definition) is 3. The molecule has 9 heteroatoms. The lowest BCUT2D eigenvalue weighted by Gasteiger charge is -2.40. The second-order valence-corrected chi connectivity index (χ2v) is 7.02. The van der Waals surface area contributed by atoms with Crippen LogP contribution in [0.1, 0.15) is 48.1 Å². The van der Waals surface area contributed by atoms with Gasteiger partial charge < -0.3 is 21.3 Å². The van der Waals surface area contributed by atoms with Crippen LogP contribution in [0.15, 0.2) is 36.8 Å². The second-order valence-electron chi connectivity index (χ2n) is 7.02. The summed E-state index contributed by atoms with van der Waals surface area (Å²) in [6.07, 6.45) is 6.90. The summed E-state index contributed by atoms with van der Waals surface area (Å²) in [6.45, 7) is 1.93. The highest BCUT2D eigenvalue weighted by Crippen LogP contribution is 2.34. The first-order chi connectivity index (χ1) is 13.9. The topological polar surface area (TPSA) is 130 Å². The van der Waals surface area contributed by atoms with Crippen molar-refractivity contribution in [3.05, 3.63) is 47.9 Å². The molecule has 1 fully saturated rings. The molecule has 0 spiro atoms. The molecule has 9 nitrogen and oxygen atoms in total. The van der Waals surface area contributed by atoms with E-state index in [2.05, 4.69) is 20.6 Å². The molecular formula is C20H24N6O3. The van der Waals surface area contributed by atoms with E-state index in [9.17, 15) is 14.4 Å². The Morgan fingerprint density at radius 1 is 1.17 bits per heavy atom. The van der Waals surface area contributed by atoms with E-state index in [1.165, 1.54) is 18.5 Å². The van der Waals surface area contributed by atoms with Gasteiger partial charge in [-0.1, -0.05) is 6.07 Å². The van der Waals surface area contributed by atoms with E-state index in [-0.39, 0.29) is 23.3 Å². The minimum atomic E-state index is -0.785.